The van der Waals surface area contributed by atoms with Crippen molar-refractivity contribution in [2.75, 3.05) is 13.1 Å². The van der Waals surface area contributed by atoms with E-state index in [0.717, 1.165) is 22.9 Å². The van der Waals surface area contributed by atoms with E-state index in [4.69, 9.17) is 4.52 Å². The van der Waals surface area contributed by atoms with Gasteiger partial charge in [0.1, 0.15) is 0 Å². The third kappa shape index (κ3) is 3.53. The van der Waals surface area contributed by atoms with Crippen molar-refractivity contribution in [1.29, 1.82) is 0 Å². The van der Waals surface area contributed by atoms with E-state index in [2.05, 4.69) is 46.3 Å². The number of aryl methyl sites for hydroxylation is 1. The van der Waals surface area contributed by atoms with Crippen LogP contribution in [0, 0.1) is 6.92 Å². The zero-order valence-electron chi connectivity index (χ0n) is 16.3. The van der Waals surface area contributed by atoms with Crippen LogP contribution < -0.4 is 0 Å². The number of fused-ring (bicyclic) bond motifs is 1. The quantitative estimate of drug-likeness (QED) is 0.561. The highest BCUT2D eigenvalue weighted by Gasteiger charge is 2.33. The average Bonchev–Trinajstić information content (AvgIpc) is 3.45. The standard InChI is InChI=1S/C23H22N4O2/c1-15-3-2-4-16(11-15)8-10-27-14-19(13-21(27)28)22-25-23(29-26-22)18-6-5-17-7-9-24-20(17)12-18/h2-7,9,11-12,19,24H,8,10,13-14H2,1H3. The molecule has 0 radical (unpaired) electrons. The first-order valence-corrected chi connectivity index (χ1v) is 9.90. The number of likely N-dealkylation sites (tertiary alicyclic amines) is 1. The Kier molecular flexibility index (Phi) is 4.39. The van der Waals surface area contributed by atoms with Crippen LogP contribution in [0.4, 0.5) is 0 Å². The molecule has 1 saturated heterocycles. The SMILES string of the molecule is Cc1cccc(CCN2CC(c3noc(-c4ccc5cc[nH]c5c4)n3)CC2=O)c1. The van der Waals surface area contributed by atoms with Gasteiger partial charge in [-0.05, 0) is 42.5 Å². The summed E-state index contributed by atoms with van der Waals surface area (Å²) in [5.74, 6) is 1.23. The number of carbonyl (C=O) groups excluding carboxylic acids is 1. The number of benzene rings is 2. The third-order valence-corrected chi connectivity index (χ3v) is 5.58. The Morgan fingerprint density at radius 2 is 2.14 bits per heavy atom. The second-order valence-electron chi connectivity index (χ2n) is 7.72. The van der Waals surface area contributed by atoms with Gasteiger partial charge >= 0.3 is 0 Å². The molecule has 1 amide bonds. The monoisotopic (exact) mass is 386 g/mol. The van der Waals surface area contributed by atoms with Crippen molar-refractivity contribution < 1.29 is 9.32 Å². The molecule has 0 saturated carbocycles. The zero-order valence-corrected chi connectivity index (χ0v) is 16.3. The van der Waals surface area contributed by atoms with Gasteiger partial charge in [-0.3, -0.25) is 4.79 Å². The highest BCUT2D eigenvalue weighted by molar-refractivity contribution is 5.83. The predicted octanol–water partition coefficient (Wildman–Crippen LogP) is 4.08. The molecule has 0 bridgehead atoms. The second kappa shape index (κ2) is 7.20. The fourth-order valence-electron chi connectivity index (χ4n) is 3.99. The summed E-state index contributed by atoms with van der Waals surface area (Å²) in [6.45, 7) is 3.44. The molecule has 6 nitrogen and oxygen atoms in total. The van der Waals surface area contributed by atoms with Gasteiger partial charge in [0, 0.05) is 42.7 Å². The van der Waals surface area contributed by atoms with Crippen molar-refractivity contribution in [3.8, 4) is 11.5 Å². The van der Waals surface area contributed by atoms with Crippen molar-refractivity contribution in [3.05, 3.63) is 71.7 Å². The molecule has 0 aliphatic carbocycles. The number of aromatic amines is 1. The highest BCUT2D eigenvalue weighted by atomic mass is 16.5. The maximum atomic E-state index is 12.5. The maximum Gasteiger partial charge on any atom is 0.258 e. The van der Waals surface area contributed by atoms with Gasteiger partial charge in [0.05, 0.1) is 0 Å². The van der Waals surface area contributed by atoms with Gasteiger partial charge in [0.25, 0.3) is 5.89 Å². The van der Waals surface area contributed by atoms with Gasteiger partial charge in [-0.1, -0.05) is 41.1 Å². The van der Waals surface area contributed by atoms with E-state index in [1.165, 1.54) is 11.1 Å². The Morgan fingerprint density at radius 3 is 3.03 bits per heavy atom. The number of hydrogen-bond acceptors (Lipinski definition) is 4. The molecular formula is C23H22N4O2. The minimum atomic E-state index is -0.0215. The molecule has 6 heteroatoms. The number of hydrogen-bond donors (Lipinski definition) is 1. The Morgan fingerprint density at radius 1 is 1.21 bits per heavy atom. The molecule has 2 aromatic heterocycles. The van der Waals surface area contributed by atoms with Gasteiger partial charge in [0.15, 0.2) is 5.82 Å². The third-order valence-electron chi connectivity index (χ3n) is 5.58. The summed E-state index contributed by atoms with van der Waals surface area (Å²) in [6.07, 6.45) is 3.19. The molecule has 5 rings (SSSR count). The molecule has 1 aliphatic heterocycles. The summed E-state index contributed by atoms with van der Waals surface area (Å²) in [6, 6.07) is 16.4. The topological polar surface area (TPSA) is 75.0 Å². The summed E-state index contributed by atoms with van der Waals surface area (Å²) in [7, 11) is 0. The normalized spacial score (nSPS) is 16.8. The Labute approximate surface area is 168 Å². The molecular weight excluding hydrogens is 364 g/mol. The van der Waals surface area contributed by atoms with Crippen molar-refractivity contribution in [1.82, 2.24) is 20.0 Å². The molecule has 1 fully saturated rings. The molecule has 1 N–H and O–H groups in total. The van der Waals surface area contributed by atoms with Crippen molar-refractivity contribution in [2.24, 2.45) is 0 Å². The van der Waals surface area contributed by atoms with E-state index in [9.17, 15) is 4.79 Å². The van der Waals surface area contributed by atoms with E-state index in [1.807, 2.05) is 35.4 Å². The highest BCUT2D eigenvalue weighted by Crippen LogP contribution is 2.29. The minimum absolute atomic E-state index is 0.0215. The maximum absolute atomic E-state index is 12.5. The number of H-pyrrole nitrogens is 1. The van der Waals surface area contributed by atoms with E-state index < -0.39 is 0 Å². The summed E-state index contributed by atoms with van der Waals surface area (Å²) in [4.78, 5) is 22.2. The van der Waals surface area contributed by atoms with E-state index in [0.29, 0.717) is 31.2 Å². The Bertz CT molecular complexity index is 1180. The van der Waals surface area contributed by atoms with Crippen molar-refractivity contribution in [2.45, 2.75) is 25.7 Å². The number of amides is 1. The fraction of sp³-hybridized carbons (Fsp3) is 0.261. The predicted molar refractivity (Wildman–Crippen MR) is 110 cm³/mol. The average molecular weight is 386 g/mol. The number of nitrogens with one attached hydrogen (secondary N) is 1. The minimum Gasteiger partial charge on any atom is -0.361 e. The van der Waals surface area contributed by atoms with Crippen LogP contribution >= 0.6 is 0 Å². The molecule has 1 unspecified atom stereocenters. The summed E-state index contributed by atoms with van der Waals surface area (Å²) in [5.41, 5.74) is 4.40. The molecule has 4 aromatic rings. The summed E-state index contributed by atoms with van der Waals surface area (Å²) in [5, 5.41) is 5.30. The second-order valence-corrected chi connectivity index (χ2v) is 7.72. The smallest absolute Gasteiger partial charge is 0.258 e. The van der Waals surface area contributed by atoms with Crippen LogP contribution in [0.25, 0.3) is 22.4 Å². The Hall–Kier alpha value is -3.41. The molecule has 1 aliphatic rings. The van der Waals surface area contributed by atoms with E-state index >= 15 is 0 Å². The zero-order chi connectivity index (χ0) is 19.8. The van der Waals surface area contributed by atoms with Crippen LogP contribution in [0.2, 0.25) is 0 Å². The first-order valence-electron chi connectivity index (χ1n) is 9.90. The molecule has 3 heterocycles. The van der Waals surface area contributed by atoms with Gasteiger partial charge in [-0.25, -0.2) is 0 Å². The van der Waals surface area contributed by atoms with Crippen molar-refractivity contribution in [3.63, 3.8) is 0 Å². The van der Waals surface area contributed by atoms with E-state index in [-0.39, 0.29) is 11.8 Å². The Balaban J connectivity index is 1.27. The molecule has 146 valence electrons. The van der Waals surface area contributed by atoms with Gasteiger partial charge in [-0.15, -0.1) is 0 Å². The number of rotatable bonds is 5. The number of nitrogens with zero attached hydrogens (tertiary/aromatic N) is 3. The lowest BCUT2D eigenvalue weighted by atomic mass is 10.1. The van der Waals surface area contributed by atoms with Crippen LogP contribution in [0.1, 0.15) is 29.3 Å². The summed E-state index contributed by atoms with van der Waals surface area (Å²) >= 11 is 0. The van der Waals surface area contributed by atoms with Crippen LogP contribution in [0.15, 0.2) is 59.3 Å². The van der Waals surface area contributed by atoms with Crippen LogP contribution in [0.5, 0.6) is 0 Å². The van der Waals surface area contributed by atoms with Crippen LogP contribution in [0.3, 0.4) is 0 Å². The van der Waals surface area contributed by atoms with E-state index in [1.54, 1.807) is 0 Å². The van der Waals surface area contributed by atoms with Gasteiger partial charge in [-0.2, -0.15) is 4.98 Å². The first-order chi connectivity index (χ1) is 14.2. The number of carbonyl (C=O) groups is 1. The lowest BCUT2D eigenvalue weighted by molar-refractivity contribution is -0.127. The van der Waals surface area contributed by atoms with Crippen molar-refractivity contribution >= 4 is 16.8 Å². The largest absolute Gasteiger partial charge is 0.361 e. The van der Waals surface area contributed by atoms with Gasteiger partial charge < -0.3 is 14.4 Å². The molecule has 0 spiro atoms. The summed E-state index contributed by atoms with van der Waals surface area (Å²) < 4.78 is 5.50. The lowest BCUT2D eigenvalue weighted by Crippen LogP contribution is -2.27. The fourth-order valence-corrected chi connectivity index (χ4v) is 3.99. The van der Waals surface area contributed by atoms with Gasteiger partial charge in [0.2, 0.25) is 5.91 Å². The van der Waals surface area contributed by atoms with Crippen LogP contribution in [-0.4, -0.2) is 39.0 Å². The first kappa shape index (κ1) is 17.7. The lowest BCUT2D eigenvalue weighted by Gasteiger charge is -2.16. The molecule has 1 atom stereocenters. The van der Waals surface area contributed by atoms with Crippen LogP contribution in [-0.2, 0) is 11.2 Å². The number of aromatic nitrogens is 3. The molecule has 29 heavy (non-hydrogen) atoms. The molecule has 2 aromatic carbocycles.